The smallest absolute Gasteiger partial charge is 0.160 e. The minimum Gasteiger partial charge on any atom is -0.297 e. The summed E-state index contributed by atoms with van der Waals surface area (Å²) in [6, 6.07) is 3.83. The van der Waals surface area contributed by atoms with Crippen LogP contribution >= 0.6 is 11.3 Å². The Morgan fingerprint density at radius 1 is 1.58 bits per heavy atom. The van der Waals surface area contributed by atoms with Gasteiger partial charge in [0.2, 0.25) is 0 Å². The second-order valence-electron chi connectivity index (χ2n) is 2.61. The Kier molecular flexibility index (Phi) is 1.66. The van der Waals surface area contributed by atoms with Gasteiger partial charge < -0.3 is 0 Å². The second kappa shape index (κ2) is 2.68. The van der Waals surface area contributed by atoms with Gasteiger partial charge in [0.05, 0.1) is 4.88 Å². The fourth-order valence-electron chi connectivity index (χ4n) is 1.14. The van der Waals surface area contributed by atoms with E-state index in [-0.39, 0.29) is 0 Å². The summed E-state index contributed by atoms with van der Waals surface area (Å²) in [5.41, 5.74) is 1.17. The molecule has 0 aliphatic carbocycles. The molecule has 0 saturated heterocycles. The Balaban J connectivity index is 2.82. The number of carbonyl (C=O) groups is 1. The van der Waals surface area contributed by atoms with Crippen molar-refractivity contribution < 1.29 is 4.79 Å². The van der Waals surface area contributed by atoms with Crippen LogP contribution in [0.2, 0.25) is 0 Å². The van der Waals surface area contributed by atoms with E-state index in [0.29, 0.717) is 0 Å². The molecular formula is C9H7NOS. The van der Waals surface area contributed by atoms with E-state index in [1.54, 1.807) is 6.20 Å². The number of nitrogens with zero attached hydrogens (tertiary/aromatic N) is 1. The van der Waals surface area contributed by atoms with Gasteiger partial charge in [-0.2, -0.15) is 0 Å². The van der Waals surface area contributed by atoms with E-state index in [1.165, 1.54) is 16.9 Å². The van der Waals surface area contributed by atoms with E-state index >= 15 is 0 Å². The Bertz CT molecular complexity index is 433. The average molecular weight is 177 g/mol. The molecule has 0 bridgehead atoms. The van der Waals surface area contributed by atoms with Crippen molar-refractivity contribution in [3.8, 4) is 0 Å². The van der Waals surface area contributed by atoms with Gasteiger partial charge in [-0.1, -0.05) is 0 Å². The van der Waals surface area contributed by atoms with E-state index in [4.69, 9.17) is 0 Å². The molecule has 0 saturated carbocycles. The van der Waals surface area contributed by atoms with Gasteiger partial charge >= 0.3 is 0 Å². The lowest BCUT2D eigenvalue weighted by atomic mass is 10.2. The summed E-state index contributed by atoms with van der Waals surface area (Å²) in [5.74, 6) is 0. The lowest BCUT2D eigenvalue weighted by Gasteiger charge is -1.90. The number of hydrogen-bond acceptors (Lipinski definition) is 3. The first-order valence-electron chi connectivity index (χ1n) is 3.61. The molecule has 2 aromatic heterocycles. The van der Waals surface area contributed by atoms with Crippen LogP contribution in [0, 0.1) is 6.92 Å². The van der Waals surface area contributed by atoms with Gasteiger partial charge in [0, 0.05) is 11.6 Å². The highest BCUT2D eigenvalue weighted by Crippen LogP contribution is 2.24. The molecule has 60 valence electrons. The lowest BCUT2D eigenvalue weighted by molar-refractivity contribution is 0.112. The van der Waals surface area contributed by atoms with Crippen molar-refractivity contribution in [1.82, 2.24) is 4.98 Å². The van der Waals surface area contributed by atoms with Crippen LogP contribution < -0.4 is 0 Å². The monoisotopic (exact) mass is 177 g/mol. The zero-order valence-electron chi connectivity index (χ0n) is 6.57. The SMILES string of the molecule is Cc1ccnc2sc(C=O)cc12. The van der Waals surface area contributed by atoms with Gasteiger partial charge in [-0.25, -0.2) is 4.98 Å². The minimum absolute atomic E-state index is 0.742. The molecule has 2 nitrogen and oxygen atoms in total. The lowest BCUT2D eigenvalue weighted by Crippen LogP contribution is -1.74. The number of hydrogen-bond donors (Lipinski definition) is 0. The fraction of sp³-hybridized carbons (Fsp3) is 0.111. The van der Waals surface area contributed by atoms with Crippen LogP contribution in [0.4, 0.5) is 0 Å². The van der Waals surface area contributed by atoms with Crippen LogP contribution in [0.15, 0.2) is 18.3 Å². The summed E-state index contributed by atoms with van der Waals surface area (Å²) in [6.07, 6.45) is 2.63. The van der Waals surface area contributed by atoms with Gasteiger partial charge in [-0.05, 0) is 24.6 Å². The molecule has 2 heterocycles. The fourth-order valence-corrected chi connectivity index (χ4v) is 2.03. The van der Waals surface area contributed by atoms with Gasteiger partial charge in [-0.15, -0.1) is 11.3 Å². The standard InChI is InChI=1S/C9H7NOS/c1-6-2-3-10-9-8(6)4-7(5-11)12-9/h2-5H,1H3. The third-order valence-electron chi connectivity index (χ3n) is 1.79. The van der Waals surface area contributed by atoms with Crippen LogP contribution in [0.5, 0.6) is 0 Å². The molecule has 3 heteroatoms. The Morgan fingerprint density at radius 3 is 3.08 bits per heavy atom. The number of fused-ring (bicyclic) bond motifs is 1. The van der Waals surface area contributed by atoms with Crippen LogP contribution in [0.1, 0.15) is 15.2 Å². The quantitative estimate of drug-likeness (QED) is 0.626. The summed E-state index contributed by atoms with van der Waals surface area (Å²) < 4.78 is 0. The Labute approximate surface area is 73.9 Å². The molecule has 0 aliphatic heterocycles. The molecule has 0 atom stereocenters. The van der Waals surface area contributed by atoms with Crippen LogP contribution in [0.3, 0.4) is 0 Å². The van der Waals surface area contributed by atoms with Crippen LogP contribution in [-0.2, 0) is 0 Å². The zero-order chi connectivity index (χ0) is 8.55. The highest BCUT2D eigenvalue weighted by atomic mass is 32.1. The van der Waals surface area contributed by atoms with Gasteiger partial charge in [0.15, 0.2) is 6.29 Å². The number of aromatic nitrogens is 1. The van der Waals surface area contributed by atoms with Crippen molar-refractivity contribution in [2.24, 2.45) is 0 Å². The summed E-state index contributed by atoms with van der Waals surface area (Å²) in [6.45, 7) is 2.02. The summed E-state index contributed by atoms with van der Waals surface area (Å²) in [5, 5.41) is 1.09. The summed E-state index contributed by atoms with van der Waals surface area (Å²) >= 11 is 1.43. The molecule has 12 heavy (non-hydrogen) atoms. The highest BCUT2D eigenvalue weighted by Gasteiger charge is 2.02. The van der Waals surface area contributed by atoms with E-state index in [9.17, 15) is 4.79 Å². The third-order valence-corrected chi connectivity index (χ3v) is 2.76. The summed E-state index contributed by atoms with van der Waals surface area (Å²) in [4.78, 5) is 16.3. The van der Waals surface area contributed by atoms with Crippen molar-refractivity contribution in [2.75, 3.05) is 0 Å². The second-order valence-corrected chi connectivity index (χ2v) is 3.68. The molecule has 0 spiro atoms. The molecule has 0 amide bonds. The topological polar surface area (TPSA) is 30.0 Å². The van der Waals surface area contributed by atoms with E-state index in [1.807, 2.05) is 19.1 Å². The average Bonchev–Trinajstić information content (AvgIpc) is 2.49. The van der Waals surface area contributed by atoms with Crippen molar-refractivity contribution in [3.63, 3.8) is 0 Å². The summed E-state index contributed by atoms with van der Waals surface area (Å²) in [7, 11) is 0. The molecule has 0 radical (unpaired) electrons. The molecule has 0 fully saturated rings. The first-order chi connectivity index (χ1) is 5.81. The Morgan fingerprint density at radius 2 is 2.42 bits per heavy atom. The van der Waals surface area contributed by atoms with Crippen molar-refractivity contribution in [1.29, 1.82) is 0 Å². The number of carbonyl (C=O) groups excluding carboxylic acids is 1. The highest BCUT2D eigenvalue weighted by molar-refractivity contribution is 7.20. The normalized spacial score (nSPS) is 10.4. The number of rotatable bonds is 1. The van der Waals surface area contributed by atoms with Gasteiger partial charge in [-0.3, -0.25) is 4.79 Å². The number of pyridine rings is 1. The molecule has 0 unspecified atom stereocenters. The van der Waals surface area contributed by atoms with Crippen molar-refractivity contribution in [3.05, 3.63) is 28.8 Å². The first kappa shape index (κ1) is 7.43. The number of aldehydes is 1. The largest absolute Gasteiger partial charge is 0.297 e. The number of aryl methyl sites for hydroxylation is 1. The molecule has 2 rings (SSSR count). The maximum atomic E-state index is 10.5. The third kappa shape index (κ3) is 1.02. The predicted molar refractivity (Wildman–Crippen MR) is 49.7 cm³/mol. The molecule has 0 aromatic carbocycles. The Hall–Kier alpha value is -1.22. The van der Waals surface area contributed by atoms with Crippen molar-refractivity contribution in [2.45, 2.75) is 6.92 Å². The molecular weight excluding hydrogens is 170 g/mol. The van der Waals surface area contributed by atoms with Crippen LogP contribution in [0.25, 0.3) is 10.2 Å². The zero-order valence-corrected chi connectivity index (χ0v) is 7.39. The van der Waals surface area contributed by atoms with Crippen molar-refractivity contribution >= 4 is 27.8 Å². The molecule has 2 aromatic rings. The van der Waals surface area contributed by atoms with Gasteiger partial charge in [0.25, 0.3) is 0 Å². The van der Waals surface area contributed by atoms with E-state index in [2.05, 4.69) is 4.98 Å². The van der Waals surface area contributed by atoms with E-state index in [0.717, 1.165) is 21.4 Å². The van der Waals surface area contributed by atoms with E-state index < -0.39 is 0 Å². The van der Waals surface area contributed by atoms with Gasteiger partial charge in [0.1, 0.15) is 4.83 Å². The first-order valence-corrected chi connectivity index (χ1v) is 4.43. The predicted octanol–water partition coefficient (Wildman–Crippen LogP) is 2.42. The maximum Gasteiger partial charge on any atom is 0.160 e. The minimum atomic E-state index is 0.742. The molecule has 0 aliphatic rings. The van der Waals surface area contributed by atoms with Crippen LogP contribution in [-0.4, -0.2) is 11.3 Å². The maximum absolute atomic E-state index is 10.5. The number of thiophene rings is 1. The molecule has 0 N–H and O–H groups in total.